The molecule has 1 aromatic carbocycles. The summed E-state index contributed by atoms with van der Waals surface area (Å²) in [4.78, 5) is 20.3. The Morgan fingerprint density at radius 1 is 1.12 bits per heavy atom. The molecular weight excluding hydrogens is 353 g/mol. The quantitative estimate of drug-likeness (QED) is 0.725. The maximum atomic E-state index is 12.3. The molecule has 2 N–H and O–H groups in total. The Hall–Kier alpha value is -2.64. The van der Waals surface area contributed by atoms with Gasteiger partial charge in [0.1, 0.15) is 23.6 Å². The molecule has 0 unspecified atom stereocenters. The van der Waals surface area contributed by atoms with Gasteiger partial charge in [-0.25, -0.2) is 9.97 Å². The molecular formula is C15H11Cl2N5O2. The Labute approximate surface area is 147 Å². The van der Waals surface area contributed by atoms with E-state index in [1.54, 1.807) is 31.2 Å². The summed E-state index contributed by atoms with van der Waals surface area (Å²) in [5.41, 5.74) is 0.554. The van der Waals surface area contributed by atoms with Crippen LogP contribution in [0.1, 0.15) is 16.2 Å². The van der Waals surface area contributed by atoms with Gasteiger partial charge < -0.3 is 15.2 Å². The molecule has 7 nitrogen and oxygen atoms in total. The number of aromatic nitrogens is 3. The maximum absolute atomic E-state index is 12.3. The molecule has 9 heteroatoms. The number of amides is 1. The topological polar surface area (TPSA) is 92.9 Å². The average molecular weight is 364 g/mol. The van der Waals surface area contributed by atoms with E-state index in [1.807, 2.05) is 0 Å². The number of halogens is 2. The third kappa shape index (κ3) is 3.81. The molecule has 3 rings (SSSR count). The lowest BCUT2D eigenvalue weighted by Crippen LogP contribution is -2.14. The minimum atomic E-state index is -0.444. The number of nitrogens with one attached hydrogen (secondary N) is 2. The average Bonchev–Trinajstić information content (AvgIpc) is 2.96. The van der Waals surface area contributed by atoms with Crippen molar-refractivity contribution in [3.05, 3.63) is 58.2 Å². The molecule has 24 heavy (non-hydrogen) atoms. The lowest BCUT2D eigenvalue weighted by atomic mass is 10.3. The van der Waals surface area contributed by atoms with Crippen molar-refractivity contribution in [1.82, 2.24) is 15.1 Å². The number of carbonyl (C=O) groups is 1. The summed E-state index contributed by atoms with van der Waals surface area (Å²) in [6.45, 7) is 1.77. The van der Waals surface area contributed by atoms with E-state index in [2.05, 4.69) is 25.8 Å². The van der Waals surface area contributed by atoms with Crippen LogP contribution in [0.5, 0.6) is 0 Å². The van der Waals surface area contributed by atoms with Gasteiger partial charge in [-0.2, -0.15) is 0 Å². The van der Waals surface area contributed by atoms with E-state index in [0.717, 1.165) is 0 Å². The van der Waals surface area contributed by atoms with Crippen molar-refractivity contribution in [1.29, 1.82) is 0 Å². The van der Waals surface area contributed by atoms with Gasteiger partial charge in [-0.1, -0.05) is 28.4 Å². The van der Waals surface area contributed by atoms with Gasteiger partial charge in [0.25, 0.3) is 5.91 Å². The zero-order valence-electron chi connectivity index (χ0n) is 12.4. The summed E-state index contributed by atoms with van der Waals surface area (Å²) in [6.07, 6.45) is 1.27. The fourth-order valence-corrected chi connectivity index (χ4v) is 2.22. The summed E-state index contributed by atoms with van der Waals surface area (Å²) < 4.78 is 4.96. The smallest absolute Gasteiger partial charge is 0.274 e. The molecule has 2 aromatic heterocycles. The second-order valence-corrected chi connectivity index (χ2v) is 5.66. The first-order valence-corrected chi connectivity index (χ1v) is 7.55. The molecule has 0 fully saturated rings. The number of nitrogens with zero attached hydrogens (tertiary/aromatic N) is 3. The first kappa shape index (κ1) is 16.2. The number of hydrogen-bond acceptors (Lipinski definition) is 6. The third-order valence-corrected chi connectivity index (χ3v) is 3.53. The molecule has 122 valence electrons. The summed E-state index contributed by atoms with van der Waals surface area (Å²) in [6, 6.07) is 7.97. The summed E-state index contributed by atoms with van der Waals surface area (Å²) in [5.74, 6) is 1.09. The first-order valence-electron chi connectivity index (χ1n) is 6.80. The van der Waals surface area contributed by atoms with Crippen LogP contribution in [0.3, 0.4) is 0 Å². The molecule has 0 atom stereocenters. The molecule has 1 amide bonds. The van der Waals surface area contributed by atoms with E-state index >= 15 is 0 Å². The molecule has 0 saturated heterocycles. The van der Waals surface area contributed by atoms with E-state index in [0.29, 0.717) is 33.1 Å². The second-order valence-electron chi connectivity index (χ2n) is 4.81. The normalized spacial score (nSPS) is 10.5. The Morgan fingerprint density at radius 3 is 2.71 bits per heavy atom. The number of benzene rings is 1. The van der Waals surface area contributed by atoms with Crippen molar-refractivity contribution in [2.24, 2.45) is 0 Å². The van der Waals surface area contributed by atoms with E-state index in [4.69, 9.17) is 27.7 Å². The minimum absolute atomic E-state index is 0.156. The summed E-state index contributed by atoms with van der Waals surface area (Å²) in [5, 5.41) is 10.2. The molecule has 0 bridgehead atoms. The zero-order valence-corrected chi connectivity index (χ0v) is 13.9. The molecule has 2 heterocycles. The zero-order chi connectivity index (χ0) is 17.1. The van der Waals surface area contributed by atoms with Crippen molar-refractivity contribution in [2.75, 3.05) is 10.6 Å². The van der Waals surface area contributed by atoms with E-state index in [-0.39, 0.29) is 5.69 Å². The Morgan fingerprint density at radius 2 is 1.96 bits per heavy atom. The number of anilines is 3. The van der Waals surface area contributed by atoms with Crippen molar-refractivity contribution >= 4 is 46.4 Å². The predicted octanol–water partition coefficient (Wildman–Crippen LogP) is 4.08. The molecule has 3 aromatic rings. The van der Waals surface area contributed by atoms with Crippen LogP contribution < -0.4 is 10.6 Å². The largest absolute Gasteiger partial charge is 0.360 e. The molecule has 0 aliphatic carbocycles. The lowest BCUT2D eigenvalue weighted by molar-refractivity contribution is 0.102. The first-order chi connectivity index (χ1) is 11.5. The van der Waals surface area contributed by atoms with Gasteiger partial charge in [-0.3, -0.25) is 4.79 Å². The summed E-state index contributed by atoms with van der Waals surface area (Å²) >= 11 is 11.9. The molecule has 0 spiro atoms. The van der Waals surface area contributed by atoms with Crippen molar-refractivity contribution < 1.29 is 9.32 Å². The van der Waals surface area contributed by atoms with Crippen LogP contribution in [0.4, 0.5) is 17.3 Å². The van der Waals surface area contributed by atoms with E-state index in [9.17, 15) is 4.79 Å². The Balaban J connectivity index is 1.77. The highest BCUT2D eigenvalue weighted by molar-refractivity contribution is 6.35. The minimum Gasteiger partial charge on any atom is -0.360 e. The van der Waals surface area contributed by atoms with Gasteiger partial charge in [-0.15, -0.1) is 0 Å². The van der Waals surface area contributed by atoms with Gasteiger partial charge in [0.05, 0.1) is 10.7 Å². The van der Waals surface area contributed by atoms with Crippen LogP contribution in [0.15, 0.2) is 41.2 Å². The van der Waals surface area contributed by atoms with Crippen LogP contribution in [0.2, 0.25) is 10.0 Å². The van der Waals surface area contributed by atoms with Crippen LogP contribution >= 0.6 is 23.2 Å². The van der Waals surface area contributed by atoms with Gasteiger partial charge in [0.2, 0.25) is 0 Å². The van der Waals surface area contributed by atoms with Crippen LogP contribution in [0, 0.1) is 6.92 Å². The van der Waals surface area contributed by atoms with Gasteiger partial charge in [0.15, 0.2) is 5.82 Å². The second kappa shape index (κ2) is 6.86. The SMILES string of the molecule is Cc1cc(Nc2cc(C(=O)Nc3cc(Cl)ccc3Cl)ncn2)no1. The summed E-state index contributed by atoms with van der Waals surface area (Å²) in [7, 11) is 0. The number of carbonyl (C=O) groups excluding carboxylic acids is 1. The van der Waals surface area contributed by atoms with Gasteiger partial charge >= 0.3 is 0 Å². The highest BCUT2D eigenvalue weighted by atomic mass is 35.5. The van der Waals surface area contributed by atoms with E-state index in [1.165, 1.54) is 12.4 Å². The monoisotopic (exact) mass is 363 g/mol. The number of rotatable bonds is 4. The number of aryl methyl sites for hydroxylation is 1. The Kier molecular flexibility index (Phi) is 4.64. The molecule has 0 aliphatic rings. The van der Waals surface area contributed by atoms with Crippen molar-refractivity contribution in [3.8, 4) is 0 Å². The highest BCUT2D eigenvalue weighted by Gasteiger charge is 2.12. The number of hydrogen-bond donors (Lipinski definition) is 2. The predicted molar refractivity (Wildman–Crippen MR) is 91.0 cm³/mol. The van der Waals surface area contributed by atoms with Crippen molar-refractivity contribution in [3.63, 3.8) is 0 Å². The fraction of sp³-hybridized carbons (Fsp3) is 0.0667. The molecule has 0 saturated carbocycles. The van der Waals surface area contributed by atoms with Gasteiger partial charge in [0, 0.05) is 17.2 Å². The lowest BCUT2D eigenvalue weighted by Gasteiger charge is -2.08. The standard InChI is InChI=1S/C15H11Cl2N5O2/c1-8-4-14(22-24-8)21-13-6-12(18-7-19-13)15(23)20-11-5-9(16)2-3-10(11)17/h2-7H,1H3,(H,20,23)(H,18,19,21,22). The molecule has 0 radical (unpaired) electrons. The molecule has 0 aliphatic heterocycles. The van der Waals surface area contributed by atoms with Crippen LogP contribution in [-0.4, -0.2) is 21.0 Å². The fourth-order valence-electron chi connectivity index (χ4n) is 1.89. The van der Waals surface area contributed by atoms with Crippen LogP contribution in [-0.2, 0) is 0 Å². The Bertz CT molecular complexity index is 897. The highest BCUT2D eigenvalue weighted by Crippen LogP contribution is 2.26. The van der Waals surface area contributed by atoms with Gasteiger partial charge in [-0.05, 0) is 25.1 Å². The van der Waals surface area contributed by atoms with Crippen molar-refractivity contribution in [2.45, 2.75) is 6.92 Å². The van der Waals surface area contributed by atoms with E-state index < -0.39 is 5.91 Å². The third-order valence-electron chi connectivity index (χ3n) is 2.96. The van der Waals surface area contributed by atoms with Crippen LogP contribution in [0.25, 0.3) is 0 Å². The maximum Gasteiger partial charge on any atom is 0.274 e.